The Morgan fingerprint density at radius 2 is 2.19 bits per heavy atom. The first kappa shape index (κ1) is 15.8. The molecule has 2 rings (SSSR count). The maximum atomic E-state index is 13.0. The fourth-order valence-corrected chi connectivity index (χ4v) is 2.60. The van der Waals surface area contributed by atoms with Crippen molar-refractivity contribution < 1.29 is 9.18 Å². The summed E-state index contributed by atoms with van der Waals surface area (Å²) in [6.07, 6.45) is 0. The zero-order valence-corrected chi connectivity index (χ0v) is 13.3. The van der Waals surface area contributed by atoms with E-state index in [2.05, 4.69) is 15.5 Å². The molecule has 0 unspecified atom stereocenters. The van der Waals surface area contributed by atoms with Crippen molar-refractivity contribution in [2.45, 2.75) is 24.3 Å². The summed E-state index contributed by atoms with van der Waals surface area (Å²) in [6, 6.07) is 3.83. The average Bonchev–Trinajstić information content (AvgIpc) is 2.73. The second-order valence-electron chi connectivity index (χ2n) is 4.46. The van der Waals surface area contributed by atoms with Gasteiger partial charge in [-0.1, -0.05) is 23.4 Å². The van der Waals surface area contributed by atoms with Gasteiger partial charge in [0.1, 0.15) is 11.6 Å². The Morgan fingerprint density at radius 3 is 2.76 bits per heavy atom. The van der Waals surface area contributed by atoms with Crippen molar-refractivity contribution in [2.75, 3.05) is 5.32 Å². The second kappa shape index (κ2) is 6.44. The predicted molar refractivity (Wildman–Crippen MR) is 81.1 cm³/mol. The molecule has 0 spiro atoms. The van der Waals surface area contributed by atoms with Gasteiger partial charge >= 0.3 is 0 Å². The third-order valence-corrected chi connectivity index (χ3v) is 4.34. The number of carbonyl (C=O) groups excluding carboxylic acids is 1. The Morgan fingerprint density at radius 1 is 1.48 bits per heavy atom. The lowest BCUT2D eigenvalue weighted by molar-refractivity contribution is -0.115. The van der Waals surface area contributed by atoms with Crippen molar-refractivity contribution in [3.8, 4) is 0 Å². The van der Waals surface area contributed by atoms with Gasteiger partial charge in [-0.25, -0.2) is 4.39 Å². The average molecular weight is 329 g/mol. The van der Waals surface area contributed by atoms with Crippen molar-refractivity contribution in [1.29, 1.82) is 0 Å². The second-order valence-corrected chi connectivity index (χ2v) is 6.18. The SMILES string of the molecule is Cc1nnc(S[C@H](C)C(=O)Nc2ccc(F)cc2Cl)n1C. The van der Waals surface area contributed by atoms with Crippen molar-refractivity contribution in [3.63, 3.8) is 0 Å². The molecule has 0 aliphatic rings. The lowest BCUT2D eigenvalue weighted by atomic mass is 10.3. The molecule has 0 saturated carbocycles. The molecule has 0 aliphatic carbocycles. The molecule has 5 nitrogen and oxygen atoms in total. The van der Waals surface area contributed by atoms with Gasteiger partial charge in [-0.05, 0) is 32.0 Å². The highest BCUT2D eigenvalue weighted by Gasteiger charge is 2.19. The lowest BCUT2D eigenvalue weighted by Crippen LogP contribution is -2.23. The summed E-state index contributed by atoms with van der Waals surface area (Å²) >= 11 is 7.17. The van der Waals surface area contributed by atoms with E-state index in [4.69, 9.17) is 11.6 Å². The fourth-order valence-electron chi connectivity index (χ4n) is 1.53. The van der Waals surface area contributed by atoms with Gasteiger partial charge in [-0.3, -0.25) is 4.79 Å². The number of rotatable bonds is 4. The van der Waals surface area contributed by atoms with E-state index in [0.717, 1.165) is 11.9 Å². The minimum Gasteiger partial charge on any atom is -0.324 e. The molecule has 21 heavy (non-hydrogen) atoms. The number of halogens is 2. The molecule has 0 fully saturated rings. The van der Waals surface area contributed by atoms with E-state index in [1.807, 2.05) is 14.0 Å². The molecule has 8 heteroatoms. The van der Waals surface area contributed by atoms with Crippen LogP contribution in [0.4, 0.5) is 10.1 Å². The summed E-state index contributed by atoms with van der Waals surface area (Å²) in [5.74, 6) is 0.0795. The van der Waals surface area contributed by atoms with Crippen molar-refractivity contribution in [3.05, 3.63) is 34.9 Å². The summed E-state index contributed by atoms with van der Waals surface area (Å²) in [7, 11) is 1.83. The molecule has 0 radical (unpaired) electrons. The quantitative estimate of drug-likeness (QED) is 0.876. The number of aryl methyl sites for hydroxylation is 1. The Balaban J connectivity index is 2.04. The largest absolute Gasteiger partial charge is 0.324 e. The van der Waals surface area contributed by atoms with E-state index in [0.29, 0.717) is 10.8 Å². The van der Waals surface area contributed by atoms with Crippen LogP contribution in [0.1, 0.15) is 12.7 Å². The van der Waals surface area contributed by atoms with E-state index in [1.54, 1.807) is 11.5 Å². The summed E-state index contributed by atoms with van der Waals surface area (Å²) in [6.45, 7) is 3.58. The van der Waals surface area contributed by atoms with Crippen molar-refractivity contribution in [1.82, 2.24) is 14.8 Å². The van der Waals surface area contributed by atoms with Crippen LogP contribution in [0.5, 0.6) is 0 Å². The smallest absolute Gasteiger partial charge is 0.237 e. The first-order valence-corrected chi connectivity index (χ1v) is 7.43. The van der Waals surface area contributed by atoms with E-state index in [9.17, 15) is 9.18 Å². The first-order chi connectivity index (χ1) is 9.88. The van der Waals surface area contributed by atoms with Crippen molar-refractivity contribution >= 4 is 35.0 Å². The molecule has 0 saturated heterocycles. The topological polar surface area (TPSA) is 59.8 Å². The summed E-state index contributed by atoms with van der Waals surface area (Å²) < 4.78 is 14.8. The van der Waals surface area contributed by atoms with Crippen LogP contribution in [0.3, 0.4) is 0 Å². The van der Waals surface area contributed by atoms with E-state index in [-0.39, 0.29) is 10.9 Å². The minimum absolute atomic E-state index is 0.162. The van der Waals surface area contributed by atoms with Crippen LogP contribution < -0.4 is 5.32 Å². The number of nitrogens with zero attached hydrogens (tertiary/aromatic N) is 3. The summed E-state index contributed by atoms with van der Waals surface area (Å²) in [5, 5.41) is 11.0. The van der Waals surface area contributed by atoms with Gasteiger partial charge in [-0.2, -0.15) is 0 Å². The number of nitrogens with one attached hydrogen (secondary N) is 1. The molecule has 1 aromatic carbocycles. The fraction of sp³-hybridized carbons (Fsp3) is 0.308. The highest BCUT2D eigenvalue weighted by molar-refractivity contribution is 8.00. The van der Waals surface area contributed by atoms with E-state index >= 15 is 0 Å². The van der Waals surface area contributed by atoms with Gasteiger partial charge in [0.2, 0.25) is 5.91 Å². The molecule has 1 heterocycles. The summed E-state index contributed by atoms with van der Waals surface area (Å²) in [5.41, 5.74) is 0.379. The van der Waals surface area contributed by atoms with Crippen LogP contribution >= 0.6 is 23.4 Å². The number of anilines is 1. The number of carbonyl (C=O) groups is 1. The number of aromatic nitrogens is 3. The van der Waals surface area contributed by atoms with Gasteiger partial charge in [0.05, 0.1) is 16.0 Å². The standard InChI is InChI=1S/C13H14ClFN4OS/c1-7(21-13-18-17-8(2)19(13)3)12(20)16-11-5-4-9(15)6-10(11)14/h4-7H,1-3H3,(H,16,20)/t7-/m1/s1. The number of benzene rings is 1. The Bertz CT molecular complexity index is 676. The molecular weight excluding hydrogens is 315 g/mol. The number of hydrogen-bond acceptors (Lipinski definition) is 4. The zero-order chi connectivity index (χ0) is 15.6. The Labute approximate surface area is 130 Å². The molecule has 1 atom stereocenters. The maximum Gasteiger partial charge on any atom is 0.237 e. The first-order valence-electron chi connectivity index (χ1n) is 6.17. The van der Waals surface area contributed by atoms with Gasteiger partial charge in [0, 0.05) is 7.05 Å². The third kappa shape index (κ3) is 3.74. The highest BCUT2D eigenvalue weighted by atomic mass is 35.5. The van der Waals surface area contributed by atoms with Crippen LogP contribution in [0.15, 0.2) is 23.4 Å². The van der Waals surface area contributed by atoms with Gasteiger partial charge in [-0.15, -0.1) is 10.2 Å². The highest BCUT2D eigenvalue weighted by Crippen LogP contribution is 2.25. The van der Waals surface area contributed by atoms with E-state index < -0.39 is 11.1 Å². The normalized spacial score (nSPS) is 12.2. The minimum atomic E-state index is -0.449. The monoisotopic (exact) mass is 328 g/mol. The molecule has 1 aromatic heterocycles. The van der Waals surface area contributed by atoms with Gasteiger partial charge in [0.25, 0.3) is 0 Å². The van der Waals surface area contributed by atoms with Crippen LogP contribution in [0.2, 0.25) is 5.02 Å². The molecule has 1 N–H and O–H groups in total. The van der Waals surface area contributed by atoms with Gasteiger partial charge in [0.15, 0.2) is 5.16 Å². The molecule has 0 bridgehead atoms. The molecule has 2 aromatic rings. The van der Waals surface area contributed by atoms with Crippen LogP contribution in [0.25, 0.3) is 0 Å². The molecular formula is C13H14ClFN4OS. The summed E-state index contributed by atoms with van der Waals surface area (Å²) in [4.78, 5) is 12.1. The van der Waals surface area contributed by atoms with Crippen molar-refractivity contribution in [2.24, 2.45) is 7.05 Å². The molecule has 112 valence electrons. The van der Waals surface area contributed by atoms with Gasteiger partial charge < -0.3 is 9.88 Å². The maximum absolute atomic E-state index is 13.0. The van der Waals surface area contributed by atoms with E-state index in [1.165, 1.54) is 23.9 Å². The Kier molecular flexibility index (Phi) is 4.84. The third-order valence-electron chi connectivity index (χ3n) is 2.89. The van der Waals surface area contributed by atoms with Crippen LogP contribution in [0, 0.1) is 12.7 Å². The van der Waals surface area contributed by atoms with Crippen LogP contribution in [-0.4, -0.2) is 25.9 Å². The number of amides is 1. The van der Waals surface area contributed by atoms with Crippen LogP contribution in [-0.2, 0) is 11.8 Å². The number of thioether (sulfide) groups is 1. The molecule has 1 amide bonds. The lowest BCUT2D eigenvalue weighted by Gasteiger charge is -2.12. The molecule has 0 aliphatic heterocycles. The zero-order valence-electron chi connectivity index (χ0n) is 11.7. The predicted octanol–water partition coefficient (Wildman–Crippen LogP) is 3.04. The Hall–Kier alpha value is -1.60. The number of hydrogen-bond donors (Lipinski definition) is 1.